The summed E-state index contributed by atoms with van der Waals surface area (Å²) in [5, 5.41) is 23.5. The van der Waals surface area contributed by atoms with Crippen molar-refractivity contribution in [3.8, 4) is 0 Å². The summed E-state index contributed by atoms with van der Waals surface area (Å²) in [5.74, 6) is 0.128. The fraction of sp³-hybridized carbons (Fsp3) is 0.545. The minimum absolute atomic E-state index is 0.0195. The van der Waals surface area contributed by atoms with E-state index in [9.17, 15) is 19.7 Å². The number of amides is 1. The second-order valence-electron chi connectivity index (χ2n) is 4.96. The Morgan fingerprint density at radius 2 is 2.32 bits per heavy atom. The van der Waals surface area contributed by atoms with Crippen LogP contribution in [0.4, 0.5) is 16.3 Å². The van der Waals surface area contributed by atoms with Gasteiger partial charge in [-0.2, -0.15) is 5.10 Å². The highest BCUT2D eigenvalue weighted by atomic mass is 16.6. The van der Waals surface area contributed by atoms with Gasteiger partial charge in [-0.15, -0.1) is 0 Å². The van der Waals surface area contributed by atoms with Crippen LogP contribution in [-0.2, 0) is 11.8 Å². The molecule has 22 heavy (non-hydrogen) atoms. The third-order valence-corrected chi connectivity index (χ3v) is 3.36. The number of aromatic nitrogens is 2. The molecule has 0 saturated carbocycles. The van der Waals surface area contributed by atoms with Gasteiger partial charge < -0.3 is 10.0 Å². The van der Waals surface area contributed by atoms with E-state index in [-0.39, 0.29) is 36.3 Å². The number of hydrogen-bond acceptors (Lipinski definition) is 7. The molecule has 2 rings (SSSR count). The predicted molar refractivity (Wildman–Crippen MR) is 74.4 cm³/mol. The van der Waals surface area contributed by atoms with Crippen LogP contribution < -0.4 is 15.8 Å². The molecule has 11 heteroatoms. The summed E-state index contributed by atoms with van der Waals surface area (Å²) >= 11 is 0. The maximum absolute atomic E-state index is 12.0. The van der Waals surface area contributed by atoms with Crippen molar-refractivity contribution in [2.45, 2.75) is 18.9 Å². The van der Waals surface area contributed by atoms with Gasteiger partial charge >= 0.3 is 11.8 Å². The SMILES string of the molecule is Cn1ncc([N+](=O)[O-])c1N1CCC(NNC(=O)O)CC(=O)C1. The van der Waals surface area contributed by atoms with Crippen molar-refractivity contribution >= 4 is 23.4 Å². The fourth-order valence-corrected chi connectivity index (χ4v) is 2.43. The molecular formula is C11H16N6O5. The summed E-state index contributed by atoms with van der Waals surface area (Å²) in [6.07, 6.45) is 0.499. The van der Waals surface area contributed by atoms with Crippen LogP contribution in [0.1, 0.15) is 12.8 Å². The van der Waals surface area contributed by atoms with Gasteiger partial charge in [0.15, 0.2) is 5.78 Å². The van der Waals surface area contributed by atoms with E-state index in [4.69, 9.17) is 5.11 Å². The lowest BCUT2D eigenvalue weighted by atomic mass is 10.1. The first-order chi connectivity index (χ1) is 10.4. The number of Topliss-reactive ketones (excluding diaryl/α,β-unsaturated/α-hetero) is 1. The van der Waals surface area contributed by atoms with Crippen molar-refractivity contribution in [3.63, 3.8) is 0 Å². The molecule has 1 fully saturated rings. The molecular weight excluding hydrogens is 296 g/mol. The number of carboxylic acid groups (broad SMARTS) is 1. The molecule has 1 aromatic heterocycles. The van der Waals surface area contributed by atoms with Crippen molar-refractivity contribution in [2.75, 3.05) is 18.0 Å². The number of nitrogens with zero attached hydrogens (tertiary/aromatic N) is 4. The van der Waals surface area contributed by atoms with E-state index in [0.29, 0.717) is 13.0 Å². The van der Waals surface area contributed by atoms with Crippen LogP contribution in [0.2, 0.25) is 0 Å². The monoisotopic (exact) mass is 312 g/mol. The lowest BCUT2D eigenvalue weighted by Gasteiger charge is -2.21. The van der Waals surface area contributed by atoms with Gasteiger partial charge in [0.1, 0.15) is 6.20 Å². The molecule has 2 heterocycles. The number of rotatable bonds is 4. The molecule has 1 aliphatic rings. The third-order valence-electron chi connectivity index (χ3n) is 3.36. The average molecular weight is 312 g/mol. The number of ketones is 1. The van der Waals surface area contributed by atoms with Crippen LogP contribution in [0.15, 0.2) is 6.20 Å². The number of hydrogen-bond donors (Lipinski definition) is 3. The minimum atomic E-state index is -1.24. The summed E-state index contributed by atoms with van der Waals surface area (Å²) in [7, 11) is 1.57. The first-order valence-electron chi connectivity index (χ1n) is 6.56. The maximum atomic E-state index is 12.0. The van der Waals surface area contributed by atoms with E-state index in [0.717, 1.165) is 6.20 Å². The Morgan fingerprint density at radius 1 is 1.59 bits per heavy atom. The van der Waals surface area contributed by atoms with E-state index in [2.05, 4.69) is 10.5 Å². The molecule has 1 unspecified atom stereocenters. The second-order valence-corrected chi connectivity index (χ2v) is 4.96. The summed E-state index contributed by atoms with van der Waals surface area (Å²) in [6, 6.07) is -0.360. The van der Waals surface area contributed by atoms with Crippen LogP contribution in [0, 0.1) is 10.1 Å². The van der Waals surface area contributed by atoms with E-state index in [1.165, 1.54) is 4.68 Å². The lowest BCUT2D eigenvalue weighted by molar-refractivity contribution is -0.384. The second kappa shape index (κ2) is 6.39. The molecule has 1 aromatic rings. The zero-order chi connectivity index (χ0) is 16.3. The lowest BCUT2D eigenvalue weighted by Crippen LogP contribution is -2.44. The molecule has 0 spiro atoms. The largest absolute Gasteiger partial charge is 0.464 e. The van der Waals surface area contributed by atoms with Gasteiger partial charge in [-0.1, -0.05) is 0 Å². The van der Waals surface area contributed by atoms with Crippen LogP contribution >= 0.6 is 0 Å². The molecule has 1 atom stereocenters. The predicted octanol–water partition coefficient (Wildman–Crippen LogP) is -0.362. The topological polar surface area (TPSA) is 143 Å². The van der Waals surface area contributed by atoms with Crippen molar-refractivity contribution in [3.05, 3.63) is 16.3 Å². The van der Waals surface area contributed by atoms with Gasteiger partial charge in [0, 0.05) is 26.1 Å². The highest BCUT2D eigenvalue weighted by Gasteiger charge is 2.29. The van der Waals surface area contributed by atoms with Crippen LogP contribution in [0.5, 0.6) is 0 Å². The molecule has 0 bridgehead atoms. The fourth-order valence-electron chi connectivity index (χ4n) is 2.43. The van der Waals surface area contributed by atoms with Gasteiger partial charge in [-0.05, 0) is 6.42 Å². The van der Waals surface area contributed by atoms with Crippen LogP contribution in [0.3, 0.4) is 0 Å². The summed E-state index contributed by atoms with van der Waals surface area (Å²) in [5.41, 5.74) is 4.42. The smallest absolute Gasteiger partial charge is 0.419 e. The van der Waals surface area contributed by atoms with Crippen LogP contribution in [-0.4, -0.2) is 50.8 Å². The maximum Gasteiger partial charge on any atom is 0.419 e. The minimum Gasteiger partial charge on any atom is -0.464 e. The molecule has 120 valence electrons. The molecule has 11 nitrogen and oxygen atoms in total. The number of carbonyl (C=O) groups is 2. The van der Waals surface area contributed by atoms with E-state index in [1.807, 2.05) is 5.43 Å². The van der Waals surface area contributed by atoms with Gasteiger partial charge in [0.2, 0.25) is 5.82 Å². The molecule has 3 N–H and O–H groups in total. The number of hydrazine groups is 1. The van der Waals surface area contributed by atoms with E-state index >= 15 is 0 Å². The van der Waals surface area contributed by atoms with E-state index < -0.39 is 11.0 Å². The Balaban J connectivity index is 2.14. The first kappa shape index (κ1) is 15.7. The Hall–Kier alpha value is -2.69. The zero-order valence-electron chi connectivity index (χ0n) is 11.9. The molecule has 1 amide bonds. The van der Waals surface area contributed by atoms with Gasteiger partial charge in [0.25, 0.3) is 0 Å². The zero-order valence-corrected chi connectivity index (χ0v) is 11.9. The Morgan fingerprint density at radius 3 is 2.95 bits per heavy atom. The normalized spacial score (nSPS) is 18.9. The van der Waals surface area contributed by atoms with Crippen molar-refractivity contribution < 1.29 is 19.6 Å². The quantitative estimate of drug-likeness (QED) is 0.505. The number of carbonyl (C=O) groups excluding carboxylic acids is 1. The van der Waals surface area contributed by atoms with Crippen LogP contribution in [0.25, 0.3) is 0 Å². The molecule has 1 saturated heterocycles. The van der Waals surface area contributed by atoms with Crippen molar-refractivity contribution in [1.29, 1.82) is 0 Å². The number of nitro groups is 1. The Bertz CT molecular complexity index is 600. The Kier molecular flexibility index (Phi) is 4.56. The Labute approximate surface area is 125 Å². The number of nitrogens with one attached hydrogen (secondary N) is 2. The highest BCUT2D eigenvalue weighted by molar-refractivity contribution is 5.85. The van der Waals surface area contributed by atoms with Gasteiger partial charge in [0.05, 0.1) is 11.5 Å². The molecule has 0 aromatic carbocycles. The van der Waals surface area contributed by atoms with E-state index in [1.54, 1.807) is 11.9 Å². The van der Waals surface area contributed by atoms with Crippen molar-refractivity contribution in [2.24, 2.45) is 7.05 Å². The molecule has 0 radical (unpaired) electrons. The van der Waals surface area contributed by atoms with Gasteiger partial charge in [-0.3, -0.25) is 20.3 Å². The average Bonchev–Trinajstić information content (AvgIpc) is 2.71. The third kappa shape index (κ3) is 3.49. The number of anilines is 1. The highest BCUT2D eigenvalue weighted by Crippen LogP contribution is 2.28. The summed E-state index contributed by atoms with van der Waals surface area (Å²) in [4.78, 5) is 34.5. The summed E-state index contributed by atoms with van der Waals surface area (Å²) < 4.78 is 1.36. The first-order valence-corrected chi connectivity index (χ1v) is 6.56. The van der Waals surface area contributed by atoms with Crippen molar-refractivity contribution in [1.82, 2.24) is 20.6 Å². The van der Waals surface area contributed by atoms with Gasteiger partial charge in [-0.25, -0.2) is 14.9 Å². The molecule has 0 aliphatic carbocycles. The number of aryl methyl sites for hydroxylation is 1. The summed E-state index contributed by atoms with van der Waals surface area (Å²) in [6.45, 7) is 0.386. The molecule has 1 aliphatic heterocycles. The standard InChI is InChI=1S/C11H16N6O5/c1-15-10(9(5-12-15)17(21)22)16-3-2-7(4-8(18)6-16)13-14-11(19)20/h5,7,13-14H,2-4,6H2,1H3,(H,19,20).